The number of benzene rings is 1. The predicted octanol–water partition coefficient (Wildman–Crippen LogP) is 4.03. The minimum absolute atomic E-state index is 0. The molecule has 0 bridgehead atoms. The van der Waals surface area contributed by atoms with Crippen LogP contribution in [0, 0.1) is 6.92 Å². The highest BCUT2D eigenvalue weighted by molar-refractivity contribution is 6.31. The first-order valence-electron chi connectivity index (χ1n) is 7.82. The minimum atomic E-state index is -0.0135. The summed E-state index contributed by atoms with van der Waals surface area (Å²) in [4.78, 5) is 14.9. The summed E-state index contributed by atoms with van der Waals surface area (Å²) in [5.74, 6) is 0.429. The molecule has 6 heteroatoms. The topological polar surface area (TPSA) is 45.5 Å². The van der Waals surface area contributed by atoms with Crippen LogP contribution in [0.3, 0.4) is 0 Å². The fourth-order valence-corrected chi connectivity index (χ4v) is 3.30. The normalized spacial score (nSPS) is 17.3. The molecule has 126 valence electrons. The molecule has 1 aliphatic heterocycles. The van der Waals surface area contributed by atoms with Crippen molar-refractivity contribution in [2.45, 2.75) is 32.7 Å². The van der Waals surface area contributed by atoms with E-state index in [0.29, 0.717) is 16.4 Å². The molecule has 1 saturated heterocycles. The number of carbonyl (C=O) groups is 1. The van der Waals surface area contributed by atoms with Crippen molar-refractivity contribution in [3.05, 3.63) is 34.5 Å². The summed E-state index contributed by atoms with van der Waals surface area (Å²) in [6, 6.07) is 5.71. The number of carbonyl (C=O) groups excluding carboxylic acids is 1. The number of fused-ring (bicyclic) bond motifs is 1. The van der Waals surface area contributed by atoms with E-state index in [4.69, 9.17) is 16.0 Å². The molecule has 1 atom stereocenters. The molecule has 0 radical (unpaired) electrons. The lowest BCUT2D eigenvalue weighted by Crippen LogP contribution is -2.42. The molecule has 2 heterocycles. The average molecular weight is 357 g/mol. The first-order chi connectivity index (χ1) is 10.6. The molecule has 1 aromatic heterocycles. The van der Waals surface area contributed by atoms with Crippen molar-refractivity contribution in [1.29, 1.82) is 0 Å². The van der Waals surface area contributed by atoms with E-state index >= 15 is 0 Å². The lowest BCUT2D eigenvalue weighted by atomic mass is 10.1. The second-order valence-electron chi connectivity index (χ2n) is 5.84. The number of nitrogens with zero attached hydrogens (tertiary/aromatic N) is 1. The van der Waals surface area contributed by atoms with Crippen molar-refractivity contribution in [2.24, 2.45) is 0 Å². The van der Waals surface area contributed by atoms with Crippen LogP contribution in [-0.2, 0) is 0 Å². The molecule has 23 heavy (non-hydrogen) atoms. The van der Waals surface area contributed by atoms with E-state index in [1.54, 1.807) is 6.07 Å². The van der Waals surface area contributed by atoms with Crippen LogP contribution >= 0.6 is 24.0 Å². The van der Waals surface area contributed by atoms with Crippen molar-refractivity contribution in [3.63, 3.8) is 0 Å². The first kappa shape index (κ1) is 18.1. The van der Waals surface area contributed by atoms with Crippen molar-refractivity contribution >= 4 is 40.9 Å². The quantitative estimate of drug-likeness (QED) is 0.899. The van der Waals surface area contributed by atoms with Gasteiger partial charge in [0.2, 0.25) is 0 Å². The summed E-state index contributed by atoms with van der Waals surface area (Å²) in [5.41, 5.74) is 1.58. The summed E-state index contributed by atoms with van der Waals surface area (Å²) in [6.07, 6.45) is 1.93. The Kier molecular flexibility index (Phi) is 5.95. The van der Waals surface area contributed by atoms with Gasteiger partial charge in [-0.2, -0.15) is 0 Å². The molecule has 1 amide bonds. The number of halogens is 2. The van der Waals surface area contributed by atoms with E-state index < -0.39 is 0 Å². The molecular formula is C17H22Cl2N2O2. The zero-order chi connectivity index (χ0) is 15.7. The lowest BCUT2D eigenvalue weighted by molar-refractivity contribution is 0.0661. The molecule has 1 N–H and O–H groups in total. The van der Waals surface area contributed by atoms with E-state index in [9.17, 15) is 4.79 Å². The lowest BCUT2D eigenvalue weighted by Gasteiger charge is -2.27. The van der Waals surface area contributed by atoms with E-state index in [1.165, 1.54) is 0 Å². The Bertz CT molecular complexity index is 693. The van der Waals surface area contributed by atoms with Crippen LogP contribution < -0.4 is 5.32 Å². The SMILES string of the molecule is CCCN(C(=O)c1oc2ccc(Cl)cc2c1C)C1CCNC1.Cl. The fourth-order valence-electron chi connectivity index (χ4n) is 3.12. The number of rotatable bonds is 4. The van der Waals surface area contributed by atoms with Gasteiger partial charge in [-0.3, -0.25) is 4.79 Å². The molecule has 1 aliphatic rings. The van der Waals surface area contributed by atoms with Crippen molar-refractivity contribution in [2.75, 3.05) is 19.6 Å². The maximum atomic E-state index is 13.0. The highest BCUT2D eigenvalue weighted by Crippen LogP contribution is 2.29. The number of furan rings is 1. The Balaban J connectivity index is 0.00000192. The maximum absolute atomic E-state index is 13.0. The van der Waals surface area contributed by atoms with Gasteiger partial charge in [0.25, 0.3) is 5.91 Å². The fraction of sp³-hybridized carbons (Fsp3) is 0.471. The van der Waals surface area contributed by atoms with Gasteiger partial charge in [0.15, 0.2) is 5.76 Å². The minimum Gasteiger partial charge on any atom is -0.451 e. The Morgan fingerprint density at radius 2 is 2.26 bits per heavy atom. The Hall–Kier alpha value is -1.23. The zero-order valence-corrected chi connectivity index (χ0v) is 15.0. The second-order valence-corrected chi connectivity index (χ2v) is 6.28. The number of aryl methyl sites for hydroxylation is 1. The molecule has 1 aromatic carbocycles. The molecule has 2 aromatic rings. The summed E-state index contributed by atoms with van der Waals surface area (Å²) < 4.78 is 5.83. The molecule has 0 aliphatic carbocycles. The number of hydrogen-bond donors (Lipinski definition) is 1. The average Bonchev–Trinajstić information content (AvgIpc) is 3.13. The summed E-state index contributed by atoms with van der Waals surface area (Å²) in [6.45, 7) is 6.59. The van der Waals surface area contributed by atoms with Crippen LogP contribution in [0.25, 0.3) is 11.0 Å². The van der Waals surface area contributed by atoms with Gasteiger partial charge in [-0.05, 0) is 44.5 Å². The van der Waals surface area contributed by atoms with E-state index in [0.717, 1.165) is 43.4 Å². The monoisotopic (exact) mass is 356 g/mol. The number of amides is 1. The summed E-state index contributed by atoms with van der Waals surface area (Å²) in [7, 11) is 0. The van der Waals surface area contributed by atoms with Crippen LogP contribution in [0.2, 0.25) is 5.02 Å². The van der Waals surface area contributed by atoms with E-state index in [-0.39, 0.29) is 24.4 Å². The third kappa shape index (κ3) is 3.49. The molecule has 0 spiro atoms. The predicted molar refractivity (Wildman–Crippen MR) is 95.8 cm³/mol. The summed E-state index contributed by atoms with van der Waals surface area (Å²) >= 11 is 6.05. The van der Waals surface area contributed by atoms with Gasteiger partial charge in [0, 0.05) is 35.1 Å². The van der Waals surface area contributed by atoms with Crippen LogP contribution in [0.15, 0.2) is 22.6 Å². The van der Waals surface area contributed by atoms with Gasteiger partial charge in [0.05, 0.1) is 0 Å². The van der Waals surface area contributed by atoms with Crippen LogP contribution in [0.1, 0.15) is 35.9 Å². The Morgan fingerprint density at radius 1 is 1.48 bits per heavy atom. The van der Waals surface area contributed by atoms with Crippen LogP contribution in [0.4, 0.5) is 0 Å². The van der Waals surface area contributed by atoms with Crippen molar-refractivity contribution in [3.8, 4) is 0 Å². The van der Waals surface area contributed by atoms with E-state index in [1.807, 2.05) is 24.0 Å². The maximum Gasteiger partial charge on any atom is 0.290 e. The van der Waals surface area contributed by atoms with Crippen molar-refractivity contribution in [1.82, 2.24) is 10.2 Å². The van der Waals surface area contributed by atoms with E-state index in [2.05, 4.69) is 12.2 Å². The zero-order valence-electron chi connectivity index (χ0n) is 13.4. The van der Waals surface area contributed by atoms with Gasteiger partial charge < -0.3 is 14.6 Å². The highest BCUT2D eigenvalue weighted by atomic mass is 35.5. The van der Waals surface area contributed by atoms with Gasteiger partial charge in [-0.25, -0.2) is 0 Å². The van der Waals surface area contributed by atoms with Crippen molar-refractivity contribution < 1.29 is 9.21 Å². The third-order valence-electron chi connectivity index (χ3n) is 4.29. The molecule has 1 unspecified atom stereocenters. The molecule has 0 saturated carbocycles. The van der Waals surface area contributed by atoms with Gasteiger partial charge in [-0.15, -0.1) is 12.4 Å². The van der Waals surface area contributed by atoms with Gasteiger partial charge in [-0.1, -0.05) is 18.5 Å². The number of hydrogen-bond acceptors (Lipinski definition) is 3. The van der Waals surface area contributed by atoms with Gasteiger partial charge in [0.1, 0.15) is 5.58 Å². The van der Waals surface area contributed by atoms with Gasteiger partial charge >= 0.3 is 0 Å². The summed E-state index contributed by atoms with van der Waals surface area (Å²) in [5, 5.41) is 4.89. The number of nitrogens with one attached hydrogen (secondary N) is 1. The largest absolute Gasteiger partial charge is 0.451 e. The Morgan fingerprint density at radius 3 is 2.91 bits per heavy atom. The Labute approximate surface area is 147 Å². The smallest absolute Gasteiger partial charge is 0.290 e. The standard InChI is InChI=1S/C17H21ClN2O2.ClH/c1-3-8-20(13-6-7-19-10-13)17(21)16-11(2)14-9-12(18)4-5-15(14)22-16;/h4-5,9,13,19H,3,6-8,10H2,1-2H3;1H. The highest BCUT2D eigenvalue weighted by Gasteiger charge is 2.30. The molecule has 3 rings (SSSR count). The second kappa shape index (κ2) is 7.56. The first-order valence-corrected chi connectivity index (χ1v) is 8.20. The molecular weight excluding hydrogens is 335 g/mol. The van der Waals surface area contributed by atoms with Crippen LogP contribution in [-0.4, -0.2) is 36.5 Å². The third-order valence-corrected chi connectivity index (χ3v) is 4.53. The van der Waals surface area contributed by atoms with Crippen LogP contribution in [0.5, 0.6) is 0 Å². The molecule has 1 fully saturated rings. The molecule has 4 nitrogen and oxygen atoms in total.